The zero-order valence-electron chi connectivity index (χ0n) is 17.3. The lowest BCUT2D eigenvalue weighted by molar-refractivity contribution is 0.0951. The summed E-state index contributed by atoms with van der Waals surface area (Å²) in [7, 11) is 0. The van der Waals surface area contributed by atoms with Crippen LogP contribution in [0.2, 0.25) is 5.02 Å². The third-order valence-corrected chi connectivity index (χ3v) is 7.41. The third kappa shape index (κ3) is 3.35. The molecule has 0 unspecified atom stereocenters. The van der Waals surface area contributed by atoms with Crippen LogP contribution in [0.5, 0.6) is 0 Å². The van der Waals surface area contributed by atoms with Crippen LogP contribution in [0.15, 0.2) is 78.9 Å². The van der Waals surface area contributed by atoms with Gasteiger partial charge >= 0.3 is 0 Å². The predicted molar refractivity (Wildman–Crippen MR) is 137 cm³/mol. The van der Waals surface area contributed by atoms with Crippen LogP contribution in [0.1, 0.15) is 27.4 Å². The van der Waals surface area contributed by atoms with Crippen molar-refractivity contribution in [2.75, 3.05) is 4.90 Å². The van der Waals surface area contributed by atoms with Crippen LogP contribution in [0.25, 0.3) is 6.08 Å². The largest absolute Gasteiger partial charge is 0.351 e. The molecule has 1 saturated heterocycles. The van der Waals surface area contributed by atoms with Crippen LogP contribution in [0, 0.1) is 31.6 Å². The van der Waals surface area contributed by atoms with Crippen molar-refractivity contribution >= 4 is 51.7 Å². The molecule has 0 spiro atoms. The average molecular weight is 562 g/mol. The van der Waals surface area contributed by atoms with Crippen molar-refractivity contribution in [1.82, 2.24) is 0 Å². The van der Waals surface area contributed by atoms with Crippen LogP contribution in [-0.2, 0) is 0 Å². The Kier molecular flexibility index (Phi) is 5.48. The number of carbonyl (C=O) groups is 1. The fraction of sp³-hybridized carbons (Fsp3) is 0.148. The van der Waals surface area contributed by atoms with Crippen LogP contribution in [0.3, 0.4) is 0 Å². The van der Waals surface area contributed by atoms with E-state index in [2.05, 4.69) is 34.7 Å². The van der Waals surface area contributed by atoms with E-state index in [1.54, 1.807) is 18.2 Å². The van der Waals surface area contributed by atoms with E-state index in [0.717, 1.165) is 20.4 Å². The van der Waals surface area contributed by atoms with Gasteiger partial charge in [0.1, 0.15) is 6.04 Å². The fourth-order valence-corrected chi connectivity index (χ4v) is 5.86. The van der Waals surface area contributed by atoms with Gasteiger partial charge in [0.2, 0.25) is 0 Å². The summed E-state index contributed by atoms with van der Waals surface area (Å²) in [5, 5.41) is 21.5. The van der Waals surface area contributed by atoms with E-state index in [1.807, 2.05) is 71.6 Å². The lowest BCUT2D eigenvalue weighted by atomic mass is 9.69. The molecule has 0 bridgehead atoms. The van der Waals surface area contributed by atoms with Crippen molar-refractivity contribution in [2.24, 2.45) is 5.41 Å². The van der Waals surface area contributed by atoms with Crippen molar-refractivity contribution in [3.05, 3.63) is 104 Å². The predicted octanol–water partition coefficient (Wildman–Crippen LogP) is 6.23. The van der Waals surface area contributed by atoms with E-state index in [1.165, 1.54) is 0 Å². The topological polar surface area (TPSA) is 67.9 Å². The molecule has 0 aliphatic carbocycles. The zero-order chi connectivity index (χ0) is 23.2. The van der Waals surface area contributed by atoms with E-state index in [4.69, 9.17) is 11.6 Å². The molecule has 3 aromatic carbocycles. The Labute approximate surface area is 210 Å². The summed E-state index contributed by atoms with van der Waals surface area (Å²) in [6.45, 7) is 0. The van der Waals surface area contributed by atoms with Gasteiger partial charge in [-0.05, 0) is 64.0 Å². The molecule has 0 N–H and O–H groups in total. The first-order valence-electron chi connectivity index (χ1n) is 10.4. The molecule has 0 radical (unpaired) electrons. The number of carbonyl (C=O) groups excluding carboxylic acids is 1. The smallest absolute Gasteiger partial charge is 0.185 e. The zero-order valence-corrected chi connectivity index (χ0v) is 20.2. The Bertz CT molecular complexity index is 1360. The SMILES string of the molecule is N#CC1(C#N)[C@H](c2cccc(I)c2)[C@@H](C(=O)c2ccccc2)N2c3ccc(Cl)cc3C=C[C@H]21. The highest BCUT2D eigenvalue weighted by molar-refractivity contribution is 14.1. The maximum absolute atomic E-state index is 14.1. The van der Waals surface area contributed by atoms with Gasteiger partial charge < -0.3 is 4.90 Å². The molecule has 2 aliphatic heterocycles. The minimum Gasteiger partial charge on any atom is -0.351 e. The first kappa shape index (κ1) is 21.7. The number of rotatable bonds is 3. The van der Waals surface area contributed by atoms with Crippen LogP contribution >= 0.6 is 34.2 Å². The standard InChI is InChI=1S/C27H17ClIN3O/c28-20-10-11-22-18(13-20)9-12-23-27(15-30,16-31)24(19-7-4-8-21(29)14-19)25(32(22)23)26(33)17-5-2-1-3-6-17/h1-14,23-25H/t23-,24+,25-/m0/s1. The first-order chi connectivity index (χ1) is 16.0. The van der Waals surface area contributed by atoms with Crippen molar-refractivity contribution < 1.29 is 4.79 Å². The first-order valence-corrected chi connectivity index (χ1v) is 11.9. The van der Waals surface area contributed by atoms with Gasteiger partial charge in [0, 0.05) is 25.8 Å². The third-order valence-electron chi connectivity index (χ3n) is 6.50. The lowest BCUT2D eigenvalue weighted by Crippen LogP contribution is -2.44. The molecule has 5 rings (SSSR count). The molecular weight excluding hydrogens is 545 g/mol. The van der Waals surface area contributed by atoms with Crippen LogP contribution < -0.4 is 4.90 Å². The molecule has 6 heteroatoms. The Morgan fingerprint density at radius 1 is 1.00 bits per heavy atom. The highest BCUT2D eigenvalue weighted by atomic mass is 127. The van der Waals surface area contributed by atoms with Gasteiger partial charge in [-0.15, -0.1) is 0 Å². The number of hydrogen-bond donors (Lipinski definition) is 0. The molecule has 33 heavy (non-hydrogen) atoms. The normalized spacial score (nSPS) is 22.1. The summed E-state index contributed by atoms with van der Waals surface area (Å²) in [5.74, 6) is -0.765. The quantitative estimate of drug-likeness (QED) is 0.281. The fourth-order valence-electron chi connectivity index (χ4n) is 5.11. The van der Waals surface area contributed by atoms with Gasteiger partial charge in [-0.3, -0.25) is 4.79 Å². The molecule has 160 valence electrons. The molecular formula is C27H17ClIN3O. The number of halogens is 2. The number of anilines is 1. The average Bonchev–Trinajstić information content (AvgIpc) is 3.14. The molecule has 0 aromatic heterocycles. The highest BCUT2D eigenvalue weighted by Gasteiger charge is 2.63. The summed E-state index contributed by atoms with van der Waals surface area (Å²) in [6, 6.07) is 25.7. The number of Topliss-reactive ketones (excluding diaryl/α,β-unsaturated/α-hetero) is 1. The summed E-state index contributed by atoms with van der Waals surface area (Å²) < 4.78 is 0.980. The maximum Gasteiger partial charge on any atom is 0.185 e. The second kappa shape index (κ2) is 8.33. The molecule has 3 aromatic rings. The van der Waals surface area contributed by atoms with E-state index >= 15 is 0 Å². The van der Waals surface area contributed by atoms with Gasteiger partial charge in [-0.25, -0.2) is 0 Å². The minimum atomic E-state index is -1.45. The summed E-state index contributed by atoms with van der Waals surface area (Å²) in [6.07, 6.45) is 3.76. The van der Waals surface area contributed by atoms with Gasteiger partial charge in [0.25, 0.3) is 0 Å². The van der Waals surface area contributed by atoms with Crippen molar-refractivity contribution in [3.8, 4) is 12.1 Å². The van der Waals surface area contributed by atoms with Crippen LogP contribution in [0.4, 0.5) is 5.69 Å². The molecule has 0 amide bonds. The Hall–Kier alpha value is -3.13. The monoisotopic (exact) mass is 561 g/mol. The number of hydrogen-bond acceptors (Lipinski definition) is 4. The number of benzene rings is 3. The second-order valence-corrected chi connectivity index (χ2v) is 9.90. The Morgan fingerprint density at radius 3 is 2.45 bits per heavy atom. The number of fused-ring (bicyclic) bond motifs is 3. The number of nitriles is 2. The van der Waals surface area contributed by atoms with Crippen molar-refractivity contribution in [2.45, 2.75) is 18.0 Å². The Balaban J connectivity index is 1.80. The Morgan fingerprint density at radius 2 is 1.76 bits per heavy atom. The molecule has 3 atom stereocenters. The summed E-state index contributed by atoms with van der Waals surface area (Å²) in [5.41, 5.74) is 1.56. The second-order valence-electron chi connectivity index (χ2n) is 8.21. The summed E-state index contributed by atoms with van der Waals surface area (Å²) >= 11 is 8.46. The van der Waals surface area contributed by atoms with Crippen LogP contribution in [-0.4, -0.2) is 17.9 Å². The maximum atomic E-state index is 14.1. The van der Waals surface area contributed by atoms with E-state index in [0.29, 0.717) is 10.6 Å². The molecule has 2 heterocycles. The molecule has 2 aliphatic rings. The van der Waals surface area contributed by atoms with Crippen molar-refractivity contribution in [3.63, 3.8) is 0 Å². The van der Waals surface area contributed by atoms with Gasteiger partial charge in [-0.2, -0.15) is 10.5 Å². The van der Waals surface area contributed by atoms with Gasteiger partial charge in [0.15, 0.2) is 11.2 Å². The van der Waals surface area contributed by atoms with E-state index in [9.17, 15) is 15.3 Å². The van der Waals surface area contributed by atoms with Gasteiger partial charge in [0.05, 0.1) is 18.2 Å². The number of nitrogens with zero attached hydrogens (tertiary/aromatic N) is 3. The highest BCUT2D eigenvalue weighted by Crippen LogP contribution is 2.55. The minimum absolute atomic E-state index is 0.118. The van der Waals surface area contributed by atoms with Crippen molar-refractivity contribution in [1.29, 1.82) is 10.5 Å². The lowest BCUT2D eigenvalue weighted by Gasteiger charge is -2.35. The molecule has 1 fully saturated rings. The van der Waals surface area contributed by atoms with Gasteiger partial charge in [-0.1, -0.05) is 66.2 Å². The van der Waals surface area contributed by atoms with E-state index in [-0.39, 0.29) is 5.78 Å². The number of ketones is 1. The molecule has 4 nitrogen and oxygen atoms in total. The molecule has 0 saturated carbocycles. The van der Waals surface area contributed by atoms with E-state index < -0.39 is 23.4 Å². The summed E-state index contributed by atoms with van der Waals surface area (Å²) in [4.78, 5) is 16.0.